The molecule has 22 heavy (non-hydrogen) atoms. The van der Waals surface area contributed by atoms with Crippen LogP contribution in [0.3, 0.4) is 0 Å². The van der Waals surface area contributed by atoms with E-state index in [2.05, 4.69) is 5.32 Å². The molecule has 1 fully saturated rings. The molecule has 2 aromatic rings. The number of ether oxygens (including phenoxy) is 1. The Bertz CT molecular complexity index is 648. The standard InChI is InChI=1S/C18H18FNO2/c19-16-8-6-13(7-9-16)14-3-1-4-15(11-14)18(21)20-12-17-5-2-10-22-17/h1,3-4,6-9,11,17H,2,5,10,12H2,(H,20,21)/t17-/m0/s1. The van der Waals surface area contributed by atoms with Crippen molar-refractivity contribution in [2.45, 2.75) is 18.9 Å². The Kier molecular flexibility index (Phi) is 4.49. The van der Waals surface area contributed by atoms with Gasteiger partial charge in [-0.15, -0.1) is 0 Å². The second-order valence-electron chi connectivity index (χ2n) is 5.43. The molecule has 1 N–H and O–H groups in total. The highest BCUT2D eigenvalue weighted by Crippen LogP contribution is 2.21. The van der Waals surface area contributed by atoms with Gasteiger partial charge in [-0.25, -0.2) is 4.39 Å². The van der Waals surface area contributed by atoms with E-state index in [-0.39, 0.29) is 17.8 Å². The minimum absolute atomic E-state index is 0.112. The van der Waals surface area contributed by atoms with Gasteiger partial charge in [0.1, 0.15) is 5.82 Å². The molecule has 1 atom stereocenters. The van der Waals surface area contributed by atoms with Crippen molar-refractivity contribution in [3.05, 3.63) is 59.9 Å². The van der Waals surface area contributed by atoms with E-state index in [0.29, 0.717) is 12.1 Å². The molecular weight excluding hydrogens is 281 g/mol. The van der Waals surface area contributed by atoms with E-state index >= 15 is 0 Å². The first kappa shape index (κ1) is 14.7. The van der Waals surface area contributed by atoms with Crippen LogP contribution >= 0.6 is 0 Å². The summed E-state index contributed by atoms with van der Waals surface area (Å²) in [4.78, 5) is 12.2. The molecule has 1 aliphatic rings. The highest BCUT2D eigenvalue weighted by Gasteiger charge is 2.16. The highest BCUT2D eigenvalue weighted by atomic mass is 19.1. The van der Waals surface area contributed by atoms with Crippen LogP contribution in [0.25, 0.3) is 11.1 Å². The number of amides is 1. The number of benzene rings is 2. The fourth-order valence-electron chi connectivity index (χ4n) is 2.60. The van der Waals surface area contributed by atoms with Gasteiger partial charge in [0.15, 0.2) is 0 Å². The summed E-state index contributed by atoms with van der Waals surface area (Å²) in [5.74, 6) is -0.381. The van der Waals surface area contributed by atoms with Crippen molar-refractivity contribution >= 4 is 5.91 Å². The van der Waals surface area contributed by atoms with Gasteiger partial charge in [0.2, 0.25) is 0 Å². The molecule has 4 heteroatoms. The maximum Gasteiger partial charge on any atom is 0.251 e. The Balaban J connectivity index is 1.69. The molecule has 114 valence electrons. The Hall–Kier alpha value is -2.20. The summed E-state index contributed by atoms with van der Waals surface area (Å²) >= 11 is 0. The molecule has 0 radical (unpaired) electrons. The van der Waals surface area contributed by atoms with Gasteiger partial charge in [0, 0.05) is 18.7 Å². The Labute approximate surface area is 129 Å². The van der Waals surface area contributed by atoms with E-state index in [1.54, 1.807) is 18.2 Å². The van der Waals surface area contributed by atoms with Crippen molar-refractivity contribution in [3.8, 4) is 11.1 Å². The number of nitrogens with one attached hydrogen (secondary N) is 1. The third kappa shape index (κ3) is 3.52. The van der Waals surface area contributed by atoms with Gasteiger partial charge in [-0.05, 0) is 48.2 Å². The molecule has 0 unspecified atom stereocenters. The molecule has 1 saturated heterocycles. The predicted molar refractivity (Wildman–Crippen MR) is 83.1 cm³/mol. The quantitative estimate of drug-likeness (QED) is 0.939. The summed E-state index contributed by atoms with van der Waals surface area (Å²) < 4.78 is 18.5. The summed E-state index contributed by atoms with van der Waals surface area (Å²) in [6.45, 7) is 1.32. The van der Waals surface area contributed by atoms with Gasteiger partial charge >= 0.3 is 0 Å². The van der Waals surface area contributed by atoms with E-state index < -0.39 is 0 Å². The van der Waals surface area contributed by atoms with Crippen LogP contribution in [0.1, 0.15) is 23.2 Å². The van der Waals surface area contributed by atoms with Crippen molar-refractivity contribution < 1.29 is 13.9 Å². The van der Waals surface area contributed by atoms with E-state index in [9.17, 15) is 9.18 Å². The minimum Gasteiger partial charge on any atom is -0.376 e. The number of hydrogen-bond acceptors (Lipinski definition) is 2. The van der Waals surface area contributed by atoms with Gasteiger partial charge < -0.3 is 10.1 Å². The maximum absolute atomic E-state index is 13.0. The van der Waals surface area contributed by atoms with E-state index in [4.69, 9.17) is 4.74 Å². The SMILES string of the molecule is O=C(NC[C@@H]1CCCO1)c1cccc(-c2ccc(F)cc2)c1. The summed E-state index contributed by atoms with van der Waals surface area (Å²) in [7, 11) is 0. The fourth-order valence-corrected chi connectivity index (χ4v) is 2.60. The predicted octanol–water partition coefficient (Wildman–Crippen LogP) is 3.40. The van der Waals surface area contributed by atoms with Gasteiger partial charge in [-0.1, -0.05) is 24.3 Å². The molecule has 1 heterocycles. The first-order valence-corrected chi connectivity index (χ1v) is 7.48. The van der Waals surface area contributed by atoms with Crippen LogP contribution in [-0.4, -0.2) is 25.2 Å². The number of carbonyl (C=O) groups is 1. The summed E-state index contributed by atoms with van der Waals surface area (Å²) in [5, 5.41) is 2.90. The number of rotatable bonds is 4. The molecule has 0 bridgehead atoms. The topological polar surface area (TPSA) is 38.3 Å². The molecule has 1 amide bonds. The third-order valence-corrected chi connectivity index (χ3v) is 3.82. The molecule has 0 saturated carbocycles. The first-order valence-electron chi connectivity index (χ1n) is 7.48. The van der Waals surface area contributed by atoms with Crippen LogP contribution in [0.4, 0.5) is 4.39 Å². The monoisotopic (exact) mass is 299 g/mol. The van der Waals surface area contributed by atoms with Crippen LogP contribution in [0, 0.1) is 5.82 Å². The van der Waals surface area contributed by atoms with Crippen LogP contribution in [-0.2, 0) is 4.74 Å². The molecule has 0 aliphatic carbocycles. The molecular formula is C18H18FNO2. The Morgan fingerprint density at radius 1 is 1.18 bits per heavy atom. The zero-order chi connectivity index (χ0) is 15.4. The van der Waals surface area contributed by atoms with Gasteiger partial charge in [-0.3, -0.25) is 4.79 Å². The Morgan fingerprint density at radius 2 is 2.00 bits per heavy atom. The molecule has 3 nitrogen and oxygen atoms in total. The highest BCUT2D eigenvalue weighted by molar-refractivity contribution is 5.95. The second-order valence-corrected chi connectivity index (χ2v) is 5.43. The van der Waals surface area contributed by atoms with Gasteiger partial charge in [0.05, 0.1) is 6.10 Å². The summed E-state index contributed by atoms with van der Waals surface area (Å²) in [5.41, 5.74) is 2.37. The second kappa shape index (κ2) is 6.71. The summed E-state index contributed by atoms with van der Waals surface area (Å²) in [6, 6.07) is 13.6. The lowest BCUT2D eigenvalue weighted by Gasteiger charge is -2.11. The fraction of sp³-hybridized carbons (Fsp3) is 0.278. The van der Waals surface area contributed by atoms with Crippen molar-refractivity contribution in [1.29, 1.82) is 0 Å². The smallest absolute Gasteiger partial charge is 0.251 e. The number of carbonyl (C=O) groups excluding carboxylic acids is 1. The molecule has 0 aromatic heterocycles. The molecule has 0 spiro atoms. The van der Waals surface area contributed by atoms with Crippen LogP contribution in [0.2, 0.25) is 0 Å². The third-order valence-electron chi connectivity index (χ3n) is 3.82. The van der Waals surface area contributed by atoms with Crippen LogP contribution in [0.5, 0.6) is 0 Å². The number of halogens is 1. The van der Waals surface area contributed by atoms with Gasteiger partial charge in [-0.2, -0.15) is 0 Å². The number of hydrogen-bond donors (Lipinski definition) is 1. The average Bonchev–Trinajstić information content (AvgIpc) is 3.07. The zero-order valence-corrected chi connectivity index (χ0v) is 12.2. The molecule has 1 aliphatic heterocycles. The largest absolute Gasteiger partial charge is 0.376 e. The maximum atomic E-state index is 13.0. The first-order chi connectivity index (χ1) is 10.7. The van der Waals surface area contributed by atoms with Crippen molar-refractivity contribution in [3.63, 3.8) is 0 Å². The van der Waals surface area contributed by atoms with Crippen molar-refractivity contribution in [1.82, 2.24) is 5.32 Å². The average molecular weight is 299 g/mol. The van der Waals surface area contributed by atoms with Crippen molar-refractivity contribution in [2.24, 2.45) is 0 Å². The lowest BCUT2D eigenvalue weighted by atomic mass is 10.0. The van der Waals surface area contributed by atoms with Crippen LogP contribution < -0.4 is 5.32 Å². The lowest BCUT2D eigenvalue weighted by molar-refractivity contribution is 0.0858. The van der Waals surface area contributed by atoms with E-state index in [1.165, 1.54) is 12.1 Å². The van der Waals surface area contributed by atoms with Gasteiger partial charge in [0.25, 0.3) is 5.91 Å². The normalized spacial score (nSPS) is 17.4. The van der Waals surface area contributed by atoms with E-state index in [1.807, 2.05) is 18.2 Å². The van der Waals surface area contributed by atoms with Crippen molar-refractivity contribution in [2.75, 3.05) is 13.2 Å². The zero-order valence-electron chi connectivity index (χ0n) is 12.2. The summed E-state index contributed by atoms with van der Waals surface area (Å²) in [6.07, 6.45) is 2.18. The molecule has 2 aromatic carbocycles. The minimum atomic E-state index is -0.269. The Morgan fingerprint density at radius 3 is 2.73 bits per heavy atom. The lowest BCUT2D eigenvalue weighted by Crippen LogP contribution is -2.31. The van der Waals surface area contributed by atoms with Crippen LogP contribution in [0.15, 0.2) is 48.5 Å². The van der Waals surface area contributed by atoms with E-state index in [0.717, 1.165) is 30.6 Å². The molecule has 3 rings (SSSR count).